The maximum atomic E-state index is 11.8. The van der Waals surface area contributed by atoms with Crippen LogP contribution in [0.5, 0.6) is 0 Å². The highest BCUT2D eigenvalue weighted by Gasteiger charge is 2.30. The van der Waals surface area contributed by atoms with Crippen LogP contribution in [0.3, 0.4) is 0 Å². The van der Waals surface area contributed by atoms with Gasteiger partial charge in [0.2, 0.25) is 5.91 Å². The molecule has 0 bridgehead atoms. The van der Waals surface area contributed by atoms with Crippen LogP contribution in [0.2, 0.25) is 0 Å². The highest BCUT2D eigenvalue weighted by molar-refractivity contribution is 7.98. The quantitative estimate of drug-likeness (QED) is 0.748. The average molecular weight is 216 g/mol. The first-order valence-corrected chi connectivity index (χ1v) is 6.55. The summed E-state index contributed by atoms with van der Waals surface area (Å²) in [5, 5.41) is 3.26. The van der Waals surface area contributed by atoms with Crippen molar-refractivity contribution in [3.05, 3.63) is 0 Å². The normalized spacial score (nSPS) is 22.4. The van der Waals surface area contributed by atoms with E-state index in [4.69, 9.17) is 0 Å². The Labute approximate surface area is 90.6 Å². The molecule has 1 unspecified atom stereocenters. The van der Waals surface area contributed by atoms with E-state index in [1.54, 1.807) is 11.8 Å². The zero-order chi connectivity index (χ0) is 10.6. The summed E-state index contributed by atoms with van der Waals surface area (Å²) in [7, 11) is 0. The summed E-state index contributed by atoms with van der Waals surface area (Å²) < 4.78 is 0. The van der Waals surface area contributed by atoms with Crippen LogP contribution in [0.25, 0.3) is 0 Å². The zero-order valence-electron chi connectivity index (χ0n) is 9.25. The van der Waals surface area contributed by atoms with E-state index in [-0.39, 0.29) is 11.9 Å². The third-order valence-corrected chi connectivity index (χ3v) is 3.00. The number of carbonyl (C=O) groups excluding carboxylic acids is 1. The molecule has 14 heavy (non-hydrogen) atoms. The van der Waals surface area contributed by atoms with E-state index in [9.17, 15) is 4.79 Å². The van der Waals surface area contributed by atoms with Crippen molar-refractivity contribution in [2.24, 2.45) is 5.92 Å². The molecule has 0 aromatic heterocycles. The molecule has 3 nitrogen and oxygen atoms in total. The van der Waals surface area contributed by atoms with Crippen molar-refractivity contribution >= 4 is 17.7 Å². The first-order valence-electron chi connectivity index (χ1n) is 5.16. The van der Waals surface area contributed by atoms with Gasteiger partial charge in [0.05, 0.1) is 12.7 Å². The first kappa shape index (κ1) is 11.9. The predicted molar refractivity (Wildman–Crippen MR) is 61.3 cm³/mol. The first-order chi connectivity index (χ1) is 6.65. The minimum Gasteiger partial charge on any atom is -0.328 e. The van der Waals surface area contributed by atoms with Crippen molar-refractivity contribution in [1.29, 1.82) is 0 Å². The van der Waals surface area contributed by atoms with Gasteiger partial charge in [0.1, 0.15) is 0 Å². The predicted octanol–water partition coefficient (Wildman–Crippen LogP) is 1.15. The Bertz CT molecular complexity index is 197. The fraction of sp³-hybridized carbons (Fsp3) is 0.900. The molecule has 82 valence electrons. The molecule has 0 aromatic carbocycles. The van der Waals surface area contributed by atoms with Gasteiger partial charge in [0, 0.05) is 12.3 Å². The lowest BCUT2D eigenvalue weighted by Crippen LogP contribution is -2.32. The van der Waals surface area contributed by atoms with Gasteiger partial charge >= 0.3 is 0 Å². The van der Waals surface area contributed by atoms with Gasteiger partial charge in [-0.3, -0.25) is 10.1 Å². The van der Waals surface area contributed by atoms with Crippen molar-refractivity contribution in [3.8, 4) is 0 Å². The van der Waals surface area contributed by atoms with Gasteiger partial charge in [-0.15, -0.1) is 0 Å². The van der Waals surface area contributed by atoms with Crippen molar-refractivity contribution in [1.82, 2.24) is 10.2 Å². The molecule has 0 saturated carbocycles. The molecule has 0 aromatic rings. The molecule has 1 aliphatic heterocycles. The van der Waals surface area contributed by atoms with Crippen molar-refractivity contribution < 1.29 is 4.79 Å². The maximum Gasteiger partial charge on any atom is 0.240 e. The molecule has 1 atom stereocenters. The van der Waals surface area contributed by atoms with Gasteiger partial charge in [-0.2, -0.15) is 11.8 Å². The molecule has 1 rings (SSSR count). The summed E-state index contributed by atoms with van der Waals surface area (Å²) >= 11 is 1.78. The number of nitrogens with one attached hydrogen (secondary N) is 1. The zero-order valence-corrected chi connectivity index (χ0v) is 10.1. The lowest BCUT2D eigenvalue weighted by Gasteiger charge is -2.15. The summed E-state index contributed by atoms with van der Waals surface area (Å²) in [6, 6.07) is 0.0665. The molecule has 1 aliphatic rings. The lowest BCUT2D eigenvalue weighted by molar-refractivity contribution is -0.128. The summed E-state index contributed by atoms with van der Waals surface area (Å²) in [4.78, 5) is 13.7. The van der Waals surface area contributed by atoms with E-state index >= 15 is 0 Å². The average Bonchev–Trinajstić information content (AvgIpc) is 2.45. The summed E-state index contributed by atoms with van der Waals surface area (Å²) in [5.41, 5.74) is 0. The van der Waals surface area contributed by atoms with Crippen LogP contribution in [0, 0.1) is 5.92 Å². The SMILES string of the molecule is CSCCN1CNC(CC(C)C)C1=O. The van der Waals surface area contributed by atoms with Gasteiger partial charge in [0.25, 0.3) is 0 Å². The third-order valence-electron chi connectivity index (χ3n) is 2.41. The van der Waals surface area contributed by atoms with E-state index in [1.807, 2.05) is 4.90 Å². The standard InChI is InChI=1S/C10H20N2OS/c1-8(2)6-9-10(13)12(7-11-9)4-5-14-3/h8-9,11H,4-7H2,1-3H3. The van der Waals surface area contributed by atoms with Crippen LogP contribution >= 0.6 is 11.8 Å². The second-order valence-corrected chi connectivity index (χ2v) is 5.12. The summed E-state index contributed by atoms with van der Waals surface area (Å²) in [6.07, 6.45) is 3.02. The van der Waals surface area contributed by atoms with E-state index in [0.717, 1.165) is 25.4 Å². The summed E-state index contributed by atoms with van der Waals surface area (Å²) in [5.74, 6) is 1.90. The lowest BCUT2D eigenvalue weighted by atomic mass is 10.0. The monoisotopic (exact) mass is 216 g/mol. The molecule has 1 amide bonds. The largest absolute Gasteiger partial charge is 0.328 e. The van der Waals surface area contributed by atoms with Crippen LogP contribution in [0.15, 0.2) is 0 Å². The molecule has 4 heteroatoms. The maximum absolute atomic E-state index is 11.8. The molecule has 0 spiro atoms. The van der Waals surface area contributed by atoms with Crippen LogP contribution in [-0.2, 0) is 4.79 Å². The number of amides is 1. The molecule has 0 radical (unpaired) electrons. The minimum absolute atomic E-state index is 0.0665. The highest BCUT2D eigenvalue weighted by Crippen LogP contribution is 2.12. The third kappa shape index (κ3) is 3.17. The van der Waals surface area contributed by atoms with E-state index < -0.39 is 0 Å². The highest BCUT2D eigenvalue weighted by atomic mass is 32.2. The molecule has 1 fully saturated rings. The topological polar surface area (TPSA) is 32.3 Å². The molecule has 1 N–H and O–H groups in total. The Kier molecular flexibility index (Phi) is 4.75. The number of hydrogen-bond acceptors (Lipinski definition) is 3. The Morgan fingerprint density at radius 1 is 1.64 bits per heavy atom. The van der Waals surface area contributed by atoms with Crippen LogP contribution in [0.4, 0.5) is 0 Å². The van der Waals surface area contributed by atoms with E-state index in [0.29, 0.717) is 5.92 Å². The van der Waals surface area contributed by atoms with Crippen molar-refractivity contribution in [2.45, 2.75) is 26.3 Å². The smallest absolute Gasteiger partial charge is 0.240 e. The fourth-order valence-electron chi connectivity index (χ4n) is 1.65. The number of nitrogens with zero attached hydrogens (tertiary/aromatic N) is 1. The van der Waals surface area contributed by atoms with Crippen LogP contribution in [0.1, 0.15) is 20.3 Å². The van der Waals surface area contributed by atoms with Gasteiger partial charge in [-0.25, -0.2) is 0 Å². The second kappa shape index (κ2) is 5.61. The number of thioether (sulfide) groups is 1. The van der Waals surface area contributed by atoms with Gasteiger partial charge < -0.3 is 4.90 Å². The van der Waals surface area contributed by atoms with Gasteiger partial charge in [-0.1, -0.05) is 13.8 Å². The van der Waals surface area contributed by atoms with Gasteiger partial charge in [0.15, 0.2) is 0 Å². The van der Waals surface area contributed by atoms with Crippen molar-refractivity contribution in [3.63, 3.8) is 0 Å². The number of rotatable bonds is 5. The molecule has 1 heterocycles. The number of hydrogen-bond donors (Lipinski definition) is 1. The Morgan fingerprint density at radius 2 is 2.36 bits per heavy atom. The van der Waals surface area contributed by atoms with Crippen LogP contribution in [-0.4, -0.2) is 42.1 Å². The molecule has 0 aliphatic carbocycles. The minimum atomic E-state index is 0.0665. The van der Waals surface area contributed by atoms with Crippen molar-refractivity contribution in [2.75, 3.05) is 25.2 Å². The molecular formula is C10H20N2OS. The Balaban J connectivity index is 2.35. The Morgan fingerprint density at radius 3 is 2.93 bits per heavy atom. The van der Waals surface area contributed by atoms with E-state index in [2.05, 4.69) is 25.4 Å². The summed E-state index contributed by atoms with van der Waals surface area (Å²) in [6.45, 7) is 5.91. The fourth-order valence-corrected chi connectivity index (χ4v) is 2.06. The molecule has 1 saturated heterocycles. The molecular weight excluding hydrogens is 196 g/mol. The van der Waals surface area contributed by atoms with Crippen LogP contribution < -0.4 is 5.32 Å². The van der Waals surface area contributed by atoms with Gasteiger partial charge in [-0.05, 0) is 18.6 Å². The number of carbonyl (C=O) groups is 1. The van der Waals surface area contributed by atoms with E-state index in [1.165, 1.54) is 0 Å². The Hall–Kier alpha value is -0.220. The second-order valence-electron chi connectivity index (χ2n) is 4.14.